The van der Waals surface area contributed by atoms with Crippen LogP contribution in [0.3, 0.4) is 0 Å². The molecule has 0 aliphatic rings. The van der Waals surface area contributed by atoms with Gasteiger partial charge < -0.3 is 0 Å². The van der Waals surface area contributed by atoms with Crippen molar-refractivity contribution < 1.29 is 13.2 Å². The van der Waals surface area contributed by atoms with Crippen LogP contribution in [0.5, 0.6) is 0 Å². The van der Waals surface area contributed by atoms with Gasteiger partial charge >= 0.3 is 0 Å². The van der Waals surface area contributed by atoms with E-state index in [1.54, 1.807) is 18.2 Å². The molecule has 0 bridgehead atoms. The lowest BCUT2D eigenvalue weighted by atomic mass is 10.1. The lowest BCUT2D eigenvalue weighted by molar-refractivity contribution is -0.114. The Hall–Kier alpha value is -1.16. The van der Waals surface area contributed by atoms with E-state index in [1.807, 2.05) is 13.8 Å². The fourth-order valence-corrected chi connectivity index (χ4v) is 2.59. The van der Waals surface area contributed by atoms with Crippen LogP contribution in [-0.4, -0.2) is 20.0 Å². The maximum absolute atomic E-state index is 11.7. The summed E-state index contributed by atoms with van der Waals surface area (Å²) < 4.78 is 23.4. The number of hydrogen-bond donors (Lipinski definition) is 0. The Balaban J connectivity index is 3.17. The van der Waals surface area contributed by atoms with E-state index in [1.165, 1.54) is 6.92 Å². The number of rotatable bonds is 3. The summed E-state index contributed by atoms with van der Waals surface area (Å²) >= 11 is 0. The SMILES string of the molecule is CC(=O)CS(=O)(=O)c1ccc(C)c(C)c1. The summed E-state index contributed by atoms with van der Waals surface area (Å²) in [5.41, 5.74) is 1.96. The Labute approximate surface area is 90.0 Å². The first-order valence-electron chi connectivity index (χ1n) is 4.62. The molecule has 0 heterocycles. The van der Waals surface area contributed by atoms with Crippen LogP contribution in [0.25, 0.3) is 0 Å². The number of Topliss-reactive ketones (excluding diaryl/α,β-unsaturated/α-hetero) is 1. The summed E-state index contributed by atoms with van der Waals surface area (Å²) in [5, 5.41) is 0. The van der Waals surface area contributed by atoms with Gasteiger partial charge in [-0.2, -0.15) is 0 Å². The van der Waals surface area contributed by atoms with E-state index < -0.39 is 15.6 Å². The van der Waals surface area contributed by atoms with Crippen LogP contribution in [0.2, 0.25) is 0 Å². The van der Waals surface area contributed by atoms with Crippen LogP contribution in [0.15, 0.2) is 23.1 Å². The van der Waals surface area contributed by atoms with E-state index in [0.717, 1.165) is 11.1 Å². The van der Waals surface area contributed by atoms with E-state index in [0.29, 0.717) is 0 Å². The fraction of sp³-hybridized carbons (Fsp3) is 0.364. The van der Waals surface area contributed by atoms with Gasteiger partial charge in [-0.1, -0.05) is 6.07 Å². The monoisotopic (exact) mass is 226 g/mol. The molecule has 4 heteroatoms. The van der Waals surface area contributed by atoms with Crippen molar-refractivity contribution in [2.75, 3.05) is 5.75 Å². The Morgan fingerprint density at radius 2 is 1.80 bits per heavy atom. The van der Waals surface area contributed by atoms with E-state index in [2.05, 4.69) is 0 Å². The largest absolute Gasteiger partial charge is 0.299 e. The summed E-state index contributed by atoms with van der Waals surface area (Å²) in [7, 11) is -3.45. The molecule has 3 nitrogen and oxygen atoms in total. The molecule has 1 rings (SSSR count). The normalized spacial score (nSPS) is 11.4. The second-order valence-electron chi connectivity index (χ2n) is 3.71. The average Bonchev–Trinajstić information content (AvgIpc) is 2.07. The van der Waals surface area contributed by atoms with Gasteiger partial charge in [-0.3, -0.25) is 4.79 Å². The predicted molar refractivity (Wildman–Crippen MR) is 58.6 cm³/mol. The van der Waals surface area contributed by atoms with Crippen molar-refractivity contribution in [3.05, 3.63) is 29.3 Å². The highest BCUT2D eigenvalue weighted by atomic mass is 32.2. The van der Waals surface area contributed by atoms with Crippen molar-refractivity contribution in [1.29, 1.82) is 0 Å². The third-order valence-electron chi connectivity index (χ3n) is 2.23. The first-order valence-corrected chi connectivity index (χ1v) is 6.27. The number of hydrogen-bond acceptors (Lipinski definition) is 3. The fourth-order valence-electron chi connectivity index (χ4n) is 1.26. The first-order chi connectivity index (χ1) is 6.83. The molecule has 1 aromatic carbocycles. The molecule has 15 heavy (non-hydrogen) atoms. The number of aryl methyl sites for hydroxylation is 2. The molecule has 0 N–H and O–H groups in total. The smallest absolute Gasteiger partial charge is 0.185 e. The lowest BCUT2D eigenvalue weighted by Crippen LogP contribution is -2.13. The maximum atomic E-state index is 11.7. The highest BCUT2D eigenvalue weighted by Crippen LogP contribution is 2.16. The maximum Gasteiger partial charge on any atom is 0.185 e. The number of sulfone groups is 1. The number of carbonyl (C=O) groups excluding carboxylic acids is 1. The second-order valence-corrected chi connectivity index (χ2v) is 5.70. The van der Waals surface area contributed by atoms with Crippen LogP contribution in [0.1, 0.15) is 18.1 Å². The summed E-state index contributed by atoms with van der Waals surface area (Å²) in [5.74, 6) is -0.761. The van der Waals surface area contributed by atoms with Gasteiger partial charge in [0.05, 0.1) is 4.90 Å². The van der Waals surface area contributed by atoms with E-state index >= 15 is 0 Å². The highest BCUT2D eigenvalue weighted by molar-refractivity contribution is 7.92. The third-order valence-corrected chi connectivity index (χ3v) is 3.99. The summed E-state index contributed by atoms with van der Waals surface area (Å²) in [6, 6.07) is 4.90. The zero-order chi connectivity index (χ0) is 11.6. The number of benzene rings is 1. The summed E-state index contributed by atoms with van der Waals surface area (Å²) in [6.45, 7) is 5.04. The molecule has 0 aromatic heterocycles. The van der Waals surface area contributed by atoms with Gasteiger partial charge in [-0.15, -0.1) is 0 Å². The molecule has 0 radical (unpaired) electrons. The van der Waals surface area contributed by atoms with Crippen LogP contribution in [-0.2, 0) is 14.6 Å². The molecule has 0 fully saturated rings. The highest BCUT2D eigenvalue weighted by Gasteiger charge is 2.16. The Bertz CT molecular complexity index is 487. The van der Waals surface area contributed by atoms with E-state index in [4.69, 9.17) is 0 Å². The minimum atomic E-state index is -3.45. The topological polar surface area (TPSA) is 51.2 Å². The number of ketones is 1. The van der Waals surface area contributed by atoms with Crippen molar-refractivity contribution in [1.82, 2.24) is 0 Å². The predicted octanol–water partition coefficient (Wildman–Crippen LogP) is 1.67. The standard InChI is InChI=1S/C11H14O3S/c1-8-4-5-11(6-9(8)2)15(13,14)7-10(3)12/h4-6H,7H2,1-3H3. The van der Waals surface area contributed by atoms with Crippen LogP contribution in [0.4, 0.5) is 0 Å². The Kier molecular flexibility index (Phi) is 3.29. The average molecular weight is 226 g/mol. The Morgan fingerprint density at radius 3 is 2.27 bits per heavy atom. The van der Waals surface area contributed by atoms with Crippen molar-refractivity contribution in [3.8, 4) is 0 Å². The van der Waals surface area contributed by atoms with Crippen molar-refractivity contribution >= 4 is 15.6 Å². The molecule has 0 spiro atoms. The van der Waals surface area contributed by atoms with Gasteiger partial charge in [0.1, 0.15) is 11.5 Å². The molecule has 0 aliphatic carbocycles. The molecule has 0 aliphatic heterocycles. The molecule has 1 aromatic rings. The van der Waals surface area contributed by atoms with Gasteiger partial charge in [-0.05, 0) is 44.0 Å². The summed E-state index contributed by atoms with van der Waals surface area (Å²) in [4.78, 5) is 11.0. The van der Waals surface area contributed by atoms with Gasteiger partial charge in [0.2, 0.25) is 0 Å². The quantitative estimate of drug-likeness (QED) is 0.787. The minimum absolute atomic E-state index is 0.223. The zero-order valence-corrected chi connectivity index (χ0v) is 9.89. The summed E-state index contributed by atoms with van der Waals surface area (Å²) in [6.07, 6.45) is 0. The van der Waals surface area contributed by atoms with Crippen molar-refractivity contribution in [3.63, 3.8) is 0 Å². The second kappa shape index (κ2) is 4.14. The Morgan fingerprint density at radius 1 is 1.20 bits per heavy atom. The van der Waals surface area contributed by atoms with Gasteiger partial charge in [-0.25, -0.2) is 8.42 Å². The molecular weight excluding hydrogens is 212 g/mol. The minimum Gasteiger partial charge on any atom is -0.299 e. The van der Waals surface area contributed by atoms with Crippen molar-refractivity contribution in [2.24, 2.45) is 0 Å². The van der Waals surface area contributed by atoms with Gasteiger partial charge in [0.15, 0.2) is 9.84 Å². The molecule has 0 amide bonds. The molecule has 0 saturated heterocycles. The molecule has 82 valence electrons. The number of carbonyl (C=O) groups is 1. The lowest BCUT2D eigenvalue weighted by Gasteiger charge is -2.05. The molecular formula is C11H14O3S. The van der Waals surface area contributed by atoms with Crippen LogP contribution < -0.4 is 0 Å². The van der Waals surface area contributed by atoms with Gasteiger partial charge in [0, 0.05) is 0 Å². The van der Waals surface area contributed by atoms with Crippen molar-refractivity contribution in [2.45, 2.75) is 25.7 Å². The molecule has 0 unspecified atom stereocenters. The molecule has 0 atom stereocenters. The van der Waals surface area contributed by atoms with Gasteiger partial charge in [0.25, 0.3) is 0 Å². The van der Waals surface area contributed by atoms with E-state index in [-0.39, 0.29) is 10.7 Å². The molecule has 0 saturated carbocycles. The third kappa shape index (κ3) is 2.89. The first kappa shape index (κ1) is 11.9. The zero-order valence-electron chi connectivity index (χ0n) is 9.07. The van der Waals surface area contributed by atoms with E-state index in [9.17, 15) is 13.2 Å². The van der Waals surface area contributed by atoms with Crippen LogP contribution >= 0.6 is 0 Å². The van der Waals surface area contributed by atoms with Crippen LogP contribution in [0, 0.1) is 13.8 Å².